The van der Waals surface area contributed by atoms with E-state index in [0.717, 1.165) is 10.0 Å². The van der Waals surface area contributed by atoms with Gasteiger partial charge in [-0.1, -0.05) is 34.1 Å². The van der Waals surface area contributed by atoms with Gasteiger partial charge in [0.05, 0.1) is 6.04 Å². The molecule has 2 aromatic rings. The minimum Gasteiger partial charge on any atom is -0.271 e. The highest BCUT2D eigenvalue weighted by Gasteiger charge is 2.14. The Hall–Kier alpha value is -0.680. The molecule has 3 N–H and O–H groups in total. The van der Waals surface area contributed by atoms with Crippen molar-refractivity contribution in [3.63, 3.8) is 0 Å². The van der Waals surface area contributed by atoms with E-state index in [1.54, 1.807) is 11.3 Å². The Balaban J connectivity index is 2.40. The fraction of sp³-hybridized carbons (Fsp3) is 0.0909. The summed E-state index contributed by atoms with van der Waals surface area (Å²) in [6.45, 7) is 0. The molecule has 0 fully saturated rings. The summed E-state index contributed by atoms with van der Waals surface area (Å²) in [6.07, 6.45) is 0. The first kappa shape index (κ1) is 10.8. The molecule has 0 bridgehead atoms. The lowest BCUT2D eigenvalue weighted by atomic mass is 10.0. The van der Waals surface area contributed by atoms with Crippen LogP contribution in [-0.4, -0.2) is 0 Å². The molecule has 2 rings (SSSR count). The van der Waals surface area contributed by atoms with Gasteiger partial charge in [0.25, 0.3) is 0 Å². The number of halogens is 1. The zero-order valence-corrected chi connectivity index (χ0v) is 10.4. The van der Waals surface area contributed by atoms with Crippen LogP contribution in [0, 0.1) is 0 Å². The predicted octanol–water partition coefficient (Wildman–Crippen LogP) is 3.06. The number of hydrogen-bond acceptors (Lipinski definition) is 3. The number of benzene rings is 1. The van der Waals surface area contributed by atoms with Crippen LogP contribution >= 0.6 is 27.3 Å². The van der Waals surface area contributed by atoms with Crippen LogP contribution in [0.2, 0.25) is 0 Å². The maximum absolute atomic E-state index is 5.60. The van der Waals surface area contributed by atoms with E-state index in [1.807, 2.05) is 18.2 Å². The van der Waals surface area contributed by atoms with Gasteiger partial charge in [0.2, 0.25) is 0 Å². The van der Waals surface area contributed by atoms with Crippen molar-refractivity contribution in [3.8, 4) is 0 Å². The molecule has 0 spiro atoms. The van der Waals surface area contributed by atoms with E-state index in [4.69, 9.17) is 5.84 Å². The SMILES string of the molecule is NNC(c1ccsc1)c1ccccc1Br. The molecule has 78 valence electrons. The van der Waals surface area contributed by atoms with Crippen LogP contribution in [0.4, 0.5) is 0 Å². The molecule has 1 aromatic heterocycles. The van der Waals surface area contributed by atoms with Gasteiger partial charge in [-0.05, 0) is 34.0 Å². The van der Waals surface area contributed by atoms with Crippen molar-refractivity contribution in [1.29, 1.82) is 0 Å². The topological polar surface area (TPSA) is 38.0 Å². The summed E-state index contributed by atoms with van der Waals surface area (Å²) in [7, 11) is 0. The summed E-state index contributed by atoms with van der Waals surface area (Å²) in [4.78, 5) is 0. The molecule has 1 unspecified atom stereocenters. The van der Waals surface area contributed by atoms with Crippen LogP contribution in [0.15, 0.2) is 45.6 Å². The summed E-state index contributed by atoms with van der Waals surface area (Å²) < 4.78 is 1.07. The highest BCUT2D eigenvalue weighted by atomic mass is 79.9. The van der Waals surface area contributed by atoms with E-state index >= 15 is 0 Å². The van der Waals surface area contributed by atoms with Gasteiger partial charge in [-0.25, -0.2) is 5.43 Å². The molecule has 0 amide bonds. The van der Waals surface area contributed by atoms with Crippen molar-refractivity contribution in [1.82, 2.24) is 5.43 Å². The molecule has 1 heterocycles. The first-order valence-corrected chi connectivity index (χ1v) is 6.29. The van der Waals surface area contributed by atoms with Crippen molar-refractivity contribution >= 4 is 27.3 Å². The summed E-state index contributed by atoms with van der Waals surface area (Å²) in [5.41, 5.74) is 5.18. The van der Waals surface area contributed by atoms with Crippen LogP contribution in [0.1, 0.15) is 17.2 Å². The summed E-state index contributed by atoms with van der Waals surface area (Å²) >= 11 is 5.20. The van der Waals surface area contributed by atoms with E-state index < -0.39 is 0 Å². The standard InChI is InChI=1S/C11H11BrN2S/c12-10-4-2-1-3-9(10)11(14-13)8-5-6-15-7-8/h1-7,11,14H,13H2. The lowest BCUT2D eigenvalue weighted by Gasteiger charge is -2.16. The van der Waals surface area contributed by atoms with Crippen molar-refractivity contribution in [2.45, 2.75) is 6.04 Å². The molecule has 0 saturated heterocycles. The quantitative estimate of drug-likeness (QED) is 0.671. The molecule has 1 aromatic carbocycles. The third-order valence-corrected chi connectivity index (χ3v) is 3.68. The van der Waals surface area contributed by atoms with Gasteiger partial charge in [-0.3, -0.25) is 5.84 Å². The largest absolute Gasteiger partial charge is 0.271 e. The van der Waals surface area contributed by atoms with Crippen molar-refractivity contribution in [2.75, 3.05) is 0 Å². The second-order valence-electron chi connectivity index (χ2n) is 3.18. The van der Waals surface area contributed by atoms with Gasteiger partial charge < -0.3 is 0 Å². The van der Waals surface area contributed by atoms with Crippen LogP contribution < -0.4 is 11.3 Å². The number of nitrogens with one attached hydrogen (secondary N) is 1. The lowest BCUT2D eigenvalue weighted by Crippen LogP contribution is -2.28. The van der Waals surface area contributed by atoms with Crippen molar-refractivity contribution in [3.05, 3.63) is 56.7 Å². The second-order valence-corrected chi connectivity index (χ2v) is 4.81. The van der Waals surface area contributed by atoms with Gasteiger partial charge >= 0.3 is 0 Å². The highest BCUT2D eigenvalue weighted by Crippen LogP contribution is 2.28. The summed E-state index contributed by atoms with van der Waals surface area (Å²) in [5.74, 6) is 5.60. The minimum atomic E-state index is 0.0480. The first-order chi connectivity index (χ1) is 7.33. The van der Waals surface area contributed by atoms with Crippen molar-refractivity contribution < 1.29 is 0 Å². The number of thiophene rings is 1. The predicted molar refractivity (Wildman–Crippen MR) is 67.6 cm³/mol. The minimum absolute atomic E-state index is 0.0480. The summed E-state index contributed by atoms with van der Waals surface area (Å²) in [6, 6.07) is 10.2. The fourth-order valence-corrected chi connectivity index (χ4v) is 2.71. The van der Waals surface area contributed by atoms with E-state index in [9.17, 15) is 0 Å². The van der Waals surface area contributed by atoms with Gasteiger partial charge in [-0.2, -0.15) is 11.3 Å². The number of nitrogens with two attached hydrogens (primary N) is 1. The Bertz CT molecular complexity index is 428. The Morgan fingerprint density at radius 2 is 2.07 bits per heavy atom. The molecule has 4 heteroatoms. The zero-order valence-electron chi connectivity index (χ0n) is 7.98. The van der Waals surface area contributed by atoms with E-state index in [2.05, 4.69) is 44.2 Å². The molecule has 0 radical (unpaired) electrons. The average molecular weight is 283 g/mol. The van der Waals surface area contributed by atoms with E-state index in [-0.39, 0.29) is 6.04 Å². The monoisotopic (exact) mass is 282 g/mol. The number of hydrazine groups is 1. The fourth-order valence-electron chi connectivity index (χ4n) is 1.51. The van der Waals surface area contributed by atoms with Gasteiger partial charge in [-0.15, -0.1) is 0 Å². The van der Waals surface area contributed by atoms with Crippen LogP contribution in [-0.2, 0) is 0 Å². The van der Waals surface area contributed by atoms with Crippen LogP contribution in [0.5, 0.6) is 0 Å². The van der Waals surface area contributed by atoms with Crippen LogP contribution in [0.25, 0.3) is 0 Å². The first-order valence-electron chi connectivity index (χ1n) is 4.55. The molecular formula is C11H11BrN2S. The van der Waals surface area contributed by atoms with Crippen molar-refractivity contribution in [2.24, 2.45) is 5.84 Å². The van der Waals surface area contributed by atoms with Gasteiger partial charge in [0.1, 0.15) is 0 Å². The highest BCUT2D eigenvalue weighted by molar-refractivity contribution is 9.10. The molecule has 1 atom stereocenters. The molecular weight excluding hydrogens is 272 g/mol. The van der Waals surface area contributed by atoms with Gasteiger partial charge in [0.15, 0.2) is 0 Å². The second kappa shape index (κ2) is 4.90. The Morgan fingerprint density at radius 3 is 2.67 bits per heavy atom. The van der Waals surface area contributed by atoms with E-state index in [0.29, 0.717) is 0 Å². The third kappa shape index (κ3) is 2.29. The third-order valence-electron chi connectivity index (χ3n) is 2.26. The molecule has 0 aliphatic carbocycles. The zero-order chi connectivity index (χ0) is 10.7. The molecule has 0 saturated carbocycles. The maximum Gasteiger partial charge on any atom is 0.0729 e. The average Bonchev–Trinajstić information content (AvgIpc) is 2.75. The molecule has 0 aliphatic rings. The number of hydrogen-bond donors (Lipinski definition) is 2. The molecule has 15 heavy (non-hydrogen) atoms. The molecule has 2 nitrogen and oxygen atoms in total. The lowest BCUT2D eigenvalue weighted by molar-refractivity contribution is 0.636. The maximum atomic E-state index is 5.60. The smallest absolute Gasteiger partial charge is 0.0729 e. The Morgan fingerprint density at radius 1 is 1.27 bits per heavy atom. The normalized spacial score (nSPS) is 12.7. The Kier molecular flexibility index (Phi) is 3.53. The number of rotatable bonds is 3. The molecule has 0 aliphatic heterocycles. The summed E-state index contributed by atoms with van der Waals surface area (Å²) in [5, 5.41) is 4.15. The van der Waals surface area contributed by atoms with E-state index in [1.165, 1.54) is 5.56 Å². The Labute approximate surface area is 101 Å². The van der Waals surface area contributed by atoms with Crippen LogP contribution in [0.3, 0.4) is 0 Å². The van der Waals surface area contributed by atoms with Gasteiger partial charge in [0, 0.05) is 4.47 Å².